The van der Waals surface area contributed by atoms with Gasteiger partial charge in [0.05, 0.1) is 5.60 Å². The van der Waals surface area contributed by atoms with E-state index < -0.39 is 5.60 Å². The van der Waals surface area contributed by atoms with Crippen LogP contribution in [0, 0.1) is 34.5 Å². The van der Waals surface area contributed by atoms with Crippen LogP contribution in [0.5, 0.6) is 0 Å². The molecule has 7 atom stereocenters. The number of benzene rings is 1. The average Bonchev–Trinajstić information content (AvgIpc) is 2.99. The Morgan fingerprint density at radius 3 is 2.52 bits per heavy atom. The highest BCUT2D eigenvalue weighted by molar-refractivity contribution is 5.79. The van der Waals surface area contributed by atoms with Crippen molar-refractivity contribution >= 4 is 5.78 Å². The molecule has 4 fully saturated rings. The molecular formula is C27H38O2. The number of hydrogen-bond donors (Lipinski definition) is 1. The van der Waals surface area contributed by atoms with Crippen LogP contribution in [0.15, 0.2) is 30.3 Å². The zero-order valence-corrected chi connectivity index (χ0v) is 18.3. The van der Waals surface area contributed by atoms with Crippen LogP contribution in [-0.4, -0.2) is 16.5 Å². The highest BCUT2D eigenvalue weighted by Gasteiger charge is 2.64. The maximum atomic E-state index is 12.1. The second-order valence-corrected chi connectivity index (χ2v) is 11.4. The number of hydrogen-bond acceptors (Lipinski definition) is 2. The van der Waals surface area contributed by atoms with Gasteiger partial charge in [0.1, 0.15) is 5.78 Å². The van der Waals surface area contributed by atoms with Crippen molar-refractivity contribution in [2.75, 3.05) is 0 Å². The maximum Gasteiger partial charge on any atom is 0.133 e. The second-order valence-electron chi connectivity index (χ2n) is 11.4. The molecule has 0 bridgehead atoms. The van der Waals surface area contributed by atoms with Gasteiger partial charge in [0, 0.05) is 12.8 Å². The molecule has 1 N–H and O–H groups in total. The van der Waals surface area contributed by atoms with Gasteiger partial charge in [-0.25, -0.2) is 0 Å². The van der Waals surface area contributed by atoms with Crippen molar-refractivity contribution in [1.82, 2.24) is 0 Å². The monoisotopic (exact) mass is 394 g/mol. The van der Waals surface area contributed by atoms with Crippen LogP contribution in [0.4, 0.5) is 0 Å². The van der Waals surface area contributed by atoms with Gasteiger partial charge in [0.2, 0.25) is 0 Å². The molecule has 0 spiro atoms. The van der Waals surface area contributed by atoms with Gasteiger partial charge in [-0.3, -0.25) is 4.79 Å². The Labute approximate surface area is 176 Å². The van der Waals surface area contributed by atoms with E-state index in [0.717, 1.165) is 50.4 Å². The third-order valence-electron chi connectivity index (χ3n) is 10.5. The van der Waals surface area contributed by atoms with Crippen molar-refractivity contribution in [3.8, 4) is 0 Å². The van der Waals surface area contributed by atoms with Crippen molar-refractivity contribution in [2.45, 2.75) is 90.1 Å². The number of ketones is 1. The largest absolute Gasteiger partial charge is 0.389 e. The summed E-state index contributed by atoms with van der Waals surface area (Å²) in [5, 5.41) is 11.9. The van der Waals surface area contributed by atoms with E-state index in [0.29, 0.717) is 23.0 Å². The topological polar surface area (TPSA) is 37.3 Å². The Balaban J connectivity index is 1.36. The molecule has 0 radical (unpaired) electrons. The van der Waals surface area contributed by atoms with E-state index >= 15 is 0 Å². The van der Waals surface area contributed by atoms with Crippen LogP contribution in [0.2, 0.25) is 0 Å². The Bertz CT molecular complexity index is 772. The molecule has 2 heteroatoms. The highest BCUT2D eigenvalue weighted by atomic mass is 16.3. The molecule has 0 aliphatic heterocycles. The molecular weight excluding hydrogens is 356 g/mol. The summed E-state index contributed by atoms with van der Waals surface area (Å²) in [6.45, 7) is 4.94. The molecule has 1 aromatic carbocycles. The third-order valence-corrected chi connectivity index (χ3v) is 10.5. The average molecular weight is 395 g/mol. The van der Waals surface area contributed by atoms with E-state index in [2.05, 4.69) is 44.2 Å². The second kappa shape index (κ2) is 6.94. The molecule has 0 aromatic heterocycles. The summed E-state index contributed by atoms with van der Waals surface area (Å²) in [5.41, 5.74) is 1.26. The molecule has 4 aliphatic carbocycles. The zero-order valence-electron chi connectivity index (χ0n) is 18.3. The number of aliphatic hydroxyl groups is 1. The van der Waals surface area contributed by atoms with Crippen LogP contribution >= 0.6 is 0 Å². The first-order valence-corrected chi connectivity index (χ1v) is 12.1. The summed E-state index contributed by atoms with van der Waals surface area (Å²) in [4.78, 5) is 12.1. The van der Waals surface area contributed by atoms with Crippen molar-refractivity contribution in [3.63, 3.8) is 0 Å². The molecule has 0 heterocycles. The number of carbonyl (C=O) groups is 1. The Kier molecular flexibility index (Phi) is 4.74. The molecule has 4 aliphatic rings. The van der Waals surface area contributed by atoms with Crippen LogP contribution in [0.3, 0.4) is 0 Å². The predicted octanol–water partition coefficient (Wildman–Crippen LogP) is 5.96. The predicted molar refractivity (Wildman–Crippen MR) is 116 cm³/mol. The fourth-order valence-corrected chi connectivity index (χ4v) is 8.56. The van der Waals surface area contributed by atoms with Crippen LogP contribution < -0.4 is 0 Å². The van der Waals surface area contributed by atoms with Crippen LogP contribution in [-0.2, 0) is 11.2 Å². The Morgan fingerprint density at radius 2 is 1.72 bits per heavy atom. The van der Waals surface area contributed by atoms with Gasteiger partial charge in [-0.15, -0.1) is 0 Å². The highest BCUT2D eigenvalue weighted by Crippen LogP contribution is 2.68. The van der Waals surface area contributed by atoms with Gasteiger partial charge in [-0.05, 0) is 97.9 Å². The van der Waals surface area contributed by atoms with Gasteiger partial charge in [0.25, 0.3) is 0 Å². The van der Waals surface area contributed by atoms with Gasteiger partial charge < -0.3 is 5.11 Å². The van der Waals surface area contributed by atoms with Crippen LogP contribution in [0.25, 0.3) is 0 Å². The number of aryl methyl sites for hydroxylation is 1. The maximum absolute atomic E-state index is 12.1. The standard InChI is InChI=1S/C27H38O2/c1-25-14-11-21(28)18-20(25)8-9-22-23(25)12-15-26(2)24(22)13-17-27(26,29)16-10-19-6-4-3-5-7-19/h3-7,20,22-24,29H,8-18H2,1-2H3/t20-,22+,23-,24-,25-,26-,27+/m0/s1. The zero-order chi connectivity index (χ0) is 20.3. The minimum absolute atomic E-state index is 0.0661. The lowest BCUT2D eigenvalue weighted by atomic mass is 9.44. The number of Topliss-reactive ketones (excluding diaryl/α,β-unsaturated/α-hetero) is 1. The molecule has 1 aromatic rings. The molecule has 0 saturated heterocycles. The summed E-state index contributed by atoms with van der Waals surface area (Å²) >= 11 is 0. The minimum Gasteiger partial charge on any atom is -0.389 e. The lowest BCUT2D eigenvalue weighted by molar-refractivity contribution is -0.158. The molecule has 29 heavy (non-hydrogen) atoms. The van der Waals surface area contributed by atoms with Gasteiger partial charge in [0.15, 0.2) is 0 Å². The molecule has 5 rings (SSSR count). The number of carbonyl (C=O) groups excluding carboxylic acids is 1. The first-order valence-electron chi connectivity index (χ1n) is 12.1. The quantitative estimate of drug-likeness (QED) is 0.686. The summed E-state index contributed by atoms with van der Waals surface area (Å²) in [6, 6.07) is 10.7. The normalized spacial score (nSPS) is 46.7. The van der Waals surface area contributed by atoms with Crippen molar-refractivity contribution in [2.24, 2.45) is 34.5 Å². The van der Waals surface area contributed by atoms with E-state index in [4.69, 9.17) is 0 Å². The van der Waals surface area contributed by atoms with E-state index in [-0.39, 0.29) is 5.41 Å². The fourth-order valence-electron chi connectivity index (χ4n) is 8.56. The number of rotatable bonds is 3. The van der Waals surface area contributed by atoms with Crippen molar-refractivity contribution in [3.05, 3.63) is 35.9 Å². The molecule has 0 unspecified atom stereocenters. The van der Waals surface area contributed by atoms with E-state index in [9.17, 15) is 9.90 Å². The fraction of sp³-hybridized carbons (Fsp3) is 0.741. The Hall–Kier alpha value is -1.15. The number of fused-ring (bicyclic) bond motifs is 5. The third kappa shape index (κ3) is 2.96. The molecule has 4 saturated carbocycles. The Morgan fingerprint density at radius 1 is 0.966 bits per heavy atom. The van der Waals surface area contributed by atoms with Crippen LogP contribution in [0.1, 0.15) is 83.6 Å². The van der Waals surface area contributed by atoms with Gasteiger partial charge >= 0.3 is 0 Å². The molecule has 0 amide bonds. The summed E-state index contributed by atoms with van der Waals surface area (Å²) < 4.78 is 0. The van der Waals surface area contributed by atoms with E-state index in [1.54, 1.807) is 0 Å². The van der Waals surface area contributed by atoms with Crippen molar-refractivity contribution < 1.29 is 9.90 Å². The summed E-state index contributed by atoms with van der Waals surface area (Å²) in [5.74, 6) is 3.31. The summed E-state index contributed by atoms with van der Waals surface area (Å²) in [7, 11) is 0. The molecule has 158 valence electrons. The first-order chi connectivity index (χ1) is 13.9. The van der Waals surface area contributed by atoms with Gasteiger partial charge in [-0.1, -0.05) is 44.2 Å². The lowest BCUT2D eigenvalue weighted by Crippen LogP contribution is -2.56. The van der Waals surface area contributed by atoms with E-state index in [1.165, 1.54) is 37.7 Å². The molecule has 2 nitrogen and oxygen atoms in total. The summed E-state index contributed by atoms with van der Waals surface area (Å²) in [6.07, 6.45) is 11.7. The van der Waals surface area contributed by atoms with Crippen molar-refractivity contribution in [1.29, 1.82) is 0 Å². The van der Waals surface area contributed by atoms with Gasteiger partial charge in [-0.2, -0.15) is 0 Å². The first kappa shape index (κ1) is 19.8. The SMILES string of the molecule is C[C@]12CCC(=O)C[C@@H]1CC[C@@H]1[C@@H]2CC[C@@]2(C)[C@H]1CC[C@]2(O)CCc1ccccc1. The minimum atomic E-state index is -0.515. The lowest BCUT2D eigenvalue weighted by Gasteiger charge is -2.61. The van der Waals surface area contributed by atoms with E-state index in [1.807, 2.05) is 0 Å². The smallest absolute Gasteiger partial charge is 0.133 e.